The van der Waals surface area contributed by atoms with E-state index in [0.717, 1.165) is 41.1 Å². The number of thioether (sulfide) groups is 1. The van der Waals surface area contributed by atoms with Crippen LogP contribution in [0.3, 0.4) is 0 Å². The van der Waals surface area contributed by atoms with Gasteiger partial charge in [-0.15, -0.1) is 10.2 Å². The Balaban J connectivity index is 1.30. The molecule has 4 aromatic rings. The van der Waals surface area contributed by atoms with Gasteiger partial charge in [-0.1, -0.05) is 65.9 Å². The maximum Gasteiger partial charge on any atom is 0.233 e. The molecule has 0 spiro atoms. The molecule has 0 N–H and O–H groups in total. The van der Waals surface area contributed by atoms with Crippen LogP contribution in [0.5, 0.6) is 0 Å². The van der Waals surface area contributed by atoms with E-state index in [1.807, 2.05) is 47.5 Å². The number of carbonyl (C=O) groups is 1. The van der Waals surface area contributed by atoms with Gasteiger partial charge in [0, 0.05) is 38.8 Å². The van der Waals surface area contributed by atoms with Crippen molar-refractivity contribution in [1.29, 1.82) is 0 Å². The SMILES string of the molecule is Cc1ccc(-n2c(Cc3ccccc3)nnc2SCC(=O)N2CCN(c3ccccn3)CC2)c(C)c1. The van der Waals surface area contributed by atoms with Crippen molar-refractivity contribution in [2.24, 2.45) is 0 Å². The lowest BCUT2D eigenvalue weighted by molar-refractivity contribution is -0.128. The van der Waals surface area contributed by atoms with Gasteiger partial charge < -0.3 is 9.80 Å². The summed E-state index contributed by atoms with van der Waals surface area (Å²) in [6.07, 6.45) is 2.48. The molecule has 0 saturated carbocycles. The molecule has 5 rings (SSSR count). The quantitative estimate of drug-likeness (QED) is 0.354. The van der Waals surface area contributed by atoms with E-state index in [9.17, 15) is 4.79 Å². The van der Waals surface area contributed by atoms with Crippen molar-refractivity contribution in [2.45, 2.75) is 25.4 Å². The standard InChI is InChI=1S/C28H30N6OS/c1-21-11-12-24(22(2)18-21)34-26(19-23-8-4-3-5-9-23)30-31-28(34)36-20-27(35)33-16-14-32(15-17-33)25-10-6-7-13-29-25/h3-13,18H,14-17,19-20H2,1-2H3. The lowest BCUT2D eigenvalue weighted by Gasteiger charge is -2.35. The fraction of sp³-hybridized carbons (Fsp3) is 0.286. The van der Waals surface area contributed by atoms with Crippen molar-refractivity contribution in [3.8, 4) is 5.69 Å². The molecule has 1 amide bonds. The lowest BCUT2D eigenvalue weighted by Crippen LogP contribution is -2.49. The third-order valence-corrected chi connectivity index (χ3v) is 7.34. The molecule has 0 unspecified atom stereocenters. The first kappa shape index (κ1) is 24.1. The Hall–Kier alpha value is -3.65. The zero-order valence-electron chi connectivity index (χ0n) is 20.7. The van der Waals surface area contributed by atoms with Crippen molar-refractivity contribution < 1.29 is 4.79 Å². The summed E-state index contributed by atoms with van der Waals surface area (Å²) in [5, 5.41) is 9.79. The molecule has 1 saturated heterocycles. The highest BCUT2D eigenvalue weighted by Gasteiger charge is 2.23. The summed E-state index contributed by atoms with van der Waals surface area (Å²) in [5.74, 6) is 2.29. The maximum absolute atomic E-state index is 13.1. The minimum atomic E-state index is 0.125. The van der Waals surface area contributed by atoms with Crippen LogP contribution in [0.4, 0.5) is 5.82 Å². The third kappa shape index (κ3) is 5.44. The van der Waals surface area contributed by atoms with Gasteiger partial charge in [-0.05, 0) is 43.2 Å². The molecular formula is C28H30N6OS. The molecule has 0 atom stereocenters. The molecule has 1 aliphatic heterocycles. The van der Waals surface area contributed by atoms with Gasteiger partial charge in [0.05, 0.1) is 11.4 Å². The Kier molecular flexibility index (Phi) is 7.32. The van der Waals surface area contributed by atoms with Gasteiger partial charge in [-0.25, -0.2) is 4.98 Å². The van der Waals surface area contributed by atoms with Gasteiger partial charge in [0.1, 0.15) is 11.6 Å². The highest BCUT2D eigenvalue weighted by Crippen LogP contribution is 2.26. The number of hydrogen-bond donors (Lipinski definition) is 0. The van der Waals surface area contributed by atoms with Crippen LogP contribution in [0.25, 0.3) is 5.69 Å². The summed E-state index contributed by atoms with van der Waals surface area (Å²) in [6, 6.07) is 22.6. The molecule has 0 bridgehead atoms. The number of rotatable bonds is 7. The highest BCUT2D eigenvalue weighted by molar-refractivity contribution is 7.99. The molecule has 2 aromatic carbocycles. The van der Waals surface area contributed by atoms with Crippen LogP contribution in [-0.2, 0) is 11.2 Å². The maximum atomic E-state index is 13.1. The molecular weight excluding hydrogens is 468 g/mol. The number of aromatic nitrogens is 4. The summed E-state index contributed by atoms with van der Waals surface area (Å²) in [4.78, 5) is 21.7. The molecule has 1 aliphatic rings. The Labute approximate surface area is 216 Å². The van der Waals surface area contributed by atoms with E-state index < -0.39 is 0 Å². The highest BCUT2D eigenvalue weighted by atomic mass is 32.2. The molecule has 7 nitrogen and oxygen atoms in total. The average Bonchev–Trinajstić information content (AvgIpc) is 3.30. The first-order valence-electron chi connectivity index (χ1n) is 12.2. The molecule has 1 fully saturated rings. The lowest BCUT2D eigenvalue weighted by atomic mass is 10.1. The monoisotopic (exact) mass is 498 g/mol. The zero-order chi connectivity index (χ0) is 24.9. The van der Waals surface area contributed by atoms with E-state index in [4.69, 9.17) is 0 Å². The number of pyridine rings is 1. The van der Waals surface area contributed by atoms with Crippen molar-refractivity contribution in [1.82, 2.24) is 24.6 Å². The van der Waals surface area contributed by atoms with E-state index in [0.29, 0.717) is 25.3 Å². The van der Waals surface area contributed by atoms with Gasteiger partial charge in [-0.3, -0.25) is 9.36 Å². The average molecular weight is 499 g/mol. The Morgan fingerprint density at radius 3 is 2.42 bits per heavy atom. The van der Waals surface area contributed by atoms with E-state index in [1.54, 1.807) is 0 Å². The number of aryl methyl sites for hydroxylation is 2. The second-order valence-corrected chi connectivity index (χ2v) is 9.97. The van der Waals surface area contributed by atoms with Gasteiger partial charge >= 0.3 is 0 Å². The summed E-state index contributed by atoms with van der Waals surface area (Å²) in [6.45, 7) is 7.16. The van der Waals surface area contributed by atoms with Crippen molar-refractivity contribution >= 4 is 23.5 Å². The predicted molar refractivity (Wildman–Crippen MR) is 144 cm³/mol. The van der Waals surface area contributed by atoms with Crippen molar-refractivity contribution in [3.05, 3.63) is 95.4 Å². The minimum Gasteiger partial charge on any atom is -0.353 e. The summed E-state index contributed by atoms with van der Waals surface area (Å²) < 4.78 is 2.11. The van der Waals surface area contributed by atoms with Crippen LogP contribution in [0.2, 0.25) is 0 Å². The van der Waals surface area contributed by atoms with E-state index in [-0.39, 0.29) is 5.91 Å². The number of hydrogen-bond acceptors (Lipinski definition) is 6. The Morgan fingerprint density at radius 1 is 0.917 bits per heavy atom. The second kappa shape index (κ2) is 11.0. The van der Waals surface area contributed by atoms with E-state index in [2.05, 4.69) is 68.8 Å². The van der Waals surface area contributed by atoms with E-state index in [1.165, 1.54) is 22.9 Å². The normalized spacial score (nSPS) is 13.7. The third-order valence-electron chi connectivity index (χ3n) is 6.43. The molecule has 2 aromatic heterocycles. The largest absolute Gasteiger partial charge is 0.353 e. The first-order valence-corrected chi connectivity index (χ1v) is 13.2. The van der Waals surface area contributed by atoms with Crippen LogP contribution in [-0.4, -0.2) is 62.5 Å². The number of amides is 1. The number of piperazine rings is 1. The van der Waals surface area contributed by atoms with Crippen molar-refractivity contribution in [2.75, 3.05) is 36.8 Å². The molecule has 184 valence electrons. The van der Waals surface area contributed by atoms with Crippen LogP contribution in [0.15, 0.2) is 78.1 Å². The zero-order valence-corrected chi connectivity index (χ0v) is 21.5. The van der Waals surface area contributed by atoms with Gasteiger partial charge in [0.2, 0.25) is 5.91 Å². The van der Waals surface area contributed by atoms with Crippen LogP contribution >= 0.6 is 11.8 Å². The predicted octanol–water partition coefficient (Wildman–Crippen LogP) is 4.31. The molecule has 3 heterocycles. The number of nitrogens with zero attached hydrogens (tertiary/aromatic N) is 6. The van der Waals surface area contributed by atoms with E-state index >= 15 is 0 Å². The van der Waals surface area contributed by atoms with Gasteiger partial charge in [0.25, 0.3) is 0 Å². The summed E-state index contributed by atoms with van der Waals surface area (Å²) in [7, 11) is 0. The first-order chi connectivity index (χ1) is 17.6. The van der Waals surface area contributed by atoms with Crippen LogP contribution in [0.1, 0.15) is 22.5 Å². The Morgan fingerprint density at radius 2 is 1.69 bits per heavy atom. The smallest absolute Gasteiger partial charge is 0.233 e. The van der Waals surface area contributed by atoms with Gasteiger partial charge in [-0.2, -0.15) is 0 Å². The molecule has 8 heteroatoms. The minimum absolute atomic E-state index is 0.125. The fourth-order valence-electron chi connectivity index (χ4n) is 4.53. The van der Waals surface area contributed by atoms with Crippen LogP contribution < -0.4 is 4.90 Å². The second-order valence-electron chi connectivity index (χ2n) is 9.03. The Bertz CT molecular complexity index is 1320. The van der Waals surface area contributed by atoms with Crippen molar-refractivity contribution in [3.63, 3.8) is 0 Å². The topological polar surface area (TPSA) is 67.2 Å². The van der Waals surface area contributed by atoms with Gasteiger partial charge in [0.15, 0.2) is 5.16 Å². The fourth-order valence-corrected chi connectivity index (χ4v) is 5.39. The van der Waals surface area contributed by atoms with Crippen LogP contribution in [0, 0.1) is 13.8 Å². The number of anilines is 1. The molecule has 36 heavy (non-hydrogen) atoms. The summed E-state index contributed by atoms with van der Waals surface area (Å²) in [5.41, 5.74) is 4.59. The molecule has 0 radical (unpaired) electrons. The summed E-state index contributed by atoms with van der Waals surface area (Å²) >= 11 is 1.46. The number of carbonyl (C=O) groups excluding carboxylic acids is 1. The number of benzene rings is 2. The molecule has 0 aliphatic carbocycles.